The van der Waals surface area contributed by atoms with Gasteiger partial charge >= 0.3 is 0 Å². The number of ether oxygens (including phenoxy) is 1. The van der Waals surface area contributed by atoms with Crippen LogP contribution in [-0.4, -0.2) is 37.9 Å². The average molecular weight is 442 g/mol. The van der Waals surface area contributed by atoms with E-state index in [9.17, 15) is 14.0 Å². The number of Topliss-reactive ketones (excluding diaryl/α,β-unsaturated/α-hetero) is 1. The molecule has 7 heteroatoms. The van der Waals surface area contributed by atoms with Crippen LogP contribution in [0.3, 0.4) is 0 Å². The van der Waals surface area contributed by atoms with Crippen LogP contribution in [0.1, 0.15) is 40.4 Å². The van der Waals surface area contributed by atoms with Gasteiger partial charge in [0.15, 0.2) is 5.78 Å². The summed E-state index contributed by atoms with van der Waals surface area (Å²) in [5.41, 5.74) is 13.7. The van der Waals surface area contributed by atoms with Crippen molar-refractivity contribution in [1.29, 1.82) is 0 Å². The van der Waals surface area contributed by atoms with Gasteiger partial charge in [-0.25, -0.2) is 4.39 Å². The van der Waals surface area contributed by atoms with Crippen molar-refractivity contribution in [2.24, 2.45) is 29.2 Å². The summed E-state index contributed by atoms with van der Waals surface area (Å²) in [5.74, 6) is -1.45. The van der Waals surface area contributed by atoms with E-state index in [0.29, 0.717) is 30.6 Å². The highest BCUT2D eigenvalue weighted by atomic mass is 19.1. The number of carbonyl (C=O) groups excluding carboxylic acids is 2. The van der Waals surface area contributed by atoms with Crippen molar-refractivity contribution >= 4 is 11.7 Å². The summed E-state index contributed by atoms with van der Waals surface area (Å²) in [6.45, 7) is 2.79. The fraction of sp³-hybridized carbons (Fsp3) is 0.440. The normalized spacial score (nSPS) is 22.8. The minimum atomic E-state index is -0.498. The quantitative estimate of drug-likeness (QED) is 0.519. The summed E-state index contributed by atoms with van der Waals surface area (Å²) in [5, 5.41) is 3.32. The van der Waals surface area contributed by atoms with Crippen molar-refractivity contribution in [1.82, 2.24) is 5.32 Å². The Morgan fingerprint density at radius 1 is 1.16 bits per heavy atom. The summed E-state index contributed by atoms with van der Waals surface area (Å²) in [7, 11) is 1.59. The Labute approximate surface area is 188 Å². The van der Waals surface area contributed by atoms with Crippen LogP contribution in [0.4, 0.5) is 4.39 Å². The summed E-state index contributed by atoms with van der Waals surface area (Å²) in [6.07, 6.45) is 0.0948. The van der Waals surface area contributed by atoms with Crippen molar-refractivity contribution < 1.29 is 18.7 Å². The number of benzene rings is 2. The van der Waals surface area contributed by atoms with Gasteiger partial charge in [0, 0.05) is 37.6 Å². The number of rotatable bonds is 9. The molecule has 1 aliphatic heterocycles. The Bertz CT molecular complexity index is 937. The number of nitrogens with one attached hydrogen (secondary N) is 1. The monoisotopic (exact) mass is 441 g/mol. The van der Waals surface area contributed by atoms with E-state index in [1.54, 1.807) is 32.2 Å². The lowest BCUT2D eigenvalue weighted by Gasteiger charge is -2.42. The molecule has 1 amide bonds. The number of nitrogens with two attached hydrogens (primary N) is 2. The zero-order valence-electron chi connectivity index (χ0n) is 18.6. The average Bonchev–Trinajstić information content (AvgIpc) is 2.79. The highest BCUT2D eigenvalue weighted by molar-refractivity contribution is 5.98. The third-order valence-corrected chi connectivity index (χ3v) is 6.62. The summed E-state index contributed by atoms with van der Waals surface area (Å²) >= 11 is 0. The van der Waals surface area contributed by atoms with Gasteiger partial charge in [-0.05, 0) is 48.9 Å². The van der Waals surface area contributed by atoms with Crippen LogP contribution >= 0.6 is 0 Å². The summed E-state index contributed by atoms with van der Waals surface area (Å²) in [4.78, 5) is 25.0. The van der Waals surface area contributed by atoms with Gasteiger partial charge in [-0.1, -0.05) is 42.5 Å². The van der Waals surface area contributed by atoms with Crippen LogP contribution in [0.2, 0.25) is 0 Å². The van der Waals surface area contributed by atoms with Crippen molar-refractivity contribution in [3.63, 3.8) is 0 Å². The Morgan fingerprint density at radius 2 is 1.88 bits per heavy atom. The number of piperidine rings is 1. The maximum Gasteiger partial charge on any atom is 0.218 e. The maximum absolute atomic E-state index is 14.2. The van der Waals surface area contributed by atoms with Crippen LogP contribution in [0.5, 0.6) is 0 Å². The predicted molar refractivity (Wildman–Crippen MR) is 121 cm³/mol. The molecule has 1 aliphatic rings. The highest BCUT2D eigenvalue weighted by Crippen LogP contribution is 2.39. The number of carbonyl (C=O) groups is 2. The number of amides is 1. The lowest BCUT2D eigenvalue weighted by molar-refractivity contribution is -0.118. The standard InChI is InChI=1S/C25H32FN3O3/c1-15-17(9-6-10-21(15)26)23(32-2)11-18-19(22(27)12-24(28)30)13-29-14-20(18)25(31)16-7-4-3-5-8-16/h3-10,18-20,22-23,29H,11-14,27H2,1-2H3,(H2,28,30)/t18-,19+,20-,22?,23?/m0/s1. The molecule has 0 saturated carbocycles. The van der Waals surface area contributed by atoms with Crippen molar-refractivity contribution in [3.05, 3.63) is 71.0 Å². The minimum absolute atomic E-state index is 0.0184. The van der Waals surface area contributed by atoms with Gasteiger partial charge < -0.3 is 21.5 Å². The molecule has 32 heavy (non-hydrogen) atoms. The molecule has 1 heterocycles. The second-order valence-corrected chi connectivity index (χ2v) is 8.57. The molecule has 2 aromatic rings. The van der Waals surface area contributed by atoms with Crippen LogP contribution in [-0.2, 0) is 9.53 Å². The first kappa shape index (κ1) is 24.0. The van der Waals surface area contributed by atoms with Gasteiger partial charge in [0.05, 0.1) is 6.10 Å². The van der Waals surface area contributed by atoms with Crippen LogP contribution < -0.4 is 16.8 Å². The van der Waals surface area contributed by atoms with E-state index in [-0.39, 0.29) is 35.8 Å². The largest absolute Gasteiger partial charge is 0.377 e. The van der Waals surface area contributed by atoms with Crippen LogP contribution in [0.25, 0.3) is 0 Å². The Kier molecular flexibility index (Phi) is 8.12. The molecule has 0 spiro atoms. The summed E-state index contributed by atoms with van der Waals surface area (Å²) < 4.78 is 20.0. The number of ketones is 1. The van der Waals surface area contributed by atoms with Crippen molar-refractivity contribution in [3.8, 4) is 0 Å². The Hall–Kier alpha value is -2.61. The number of halogens is 1. The third kappa shape index (κ3) is 5.41. The van der Waals surface area contributed by atoms with E-state index in [1.807, 2.05) is 24.3 Å². The van der Waals surface area contributed by atoms with E-state index >= 15 is 0 Å². The molecule has 2 unspecified atom stereocenters. The van der Waals surface area contributed by atoms with E-state index < -0.39 is 18.1 Å². The van der Waals surface area contributed by atoms with Crippen LogP contribution in [0.15, 0.2) is 48.5 Å². The lowest BCUT2D eigenvalue weighted by atomic mass is 9.69. The molecule has 0 aliphatic carbocycles. The van der Waals surface area contributed by atoms with Crippen LogP contribution in [0, 0.1) is 30.5 Å². The van der Waals surface area contributed by atoms with E-state index in [1.165, 1.54) is 6.07 Å². The third-order valence-electron chi connectivity index (χ3n) is 6.62. The van der Waals surface area contributed by atoms with Gasteiger partial charge in [-0.3, -0.25) is 9.59 Å². The Balaban J connectivity index is 1.96. The molecule has 0 aromatic heterocycles. The molecule has 172 valence electrons. The molecule has 3 rings (SSSR count). The second kappa shape index (κ2) is 10.8. The van der Waals surface area contributed by atoms with E-state index in [4.69, 9.17) is 16.2 Å². The van der Waals surface area contributed by atoms with Gasteiger partial charge in [-0.2, -0.15) is 0 Å². The predicted octanol–water partition coefficient (Wildman–Crippen LogP) is 2.75. The van der Waals surface area contributed by atoms with Gasteiger partial charge in [0.2, 0.25) is 5.91 Å². The number of hydrogen-bond donors (Lipinski definition) is 3. The first-order chi connectivity index (χ1) is 15.3. The molecule has 1 saturated heterocycles. The van der Waals surface area contributed by atoms with Gasteiger partial charge in [-0.15, -0.1) is 0 Å². The van der Waals surface area contributed by atoms with Crippen molar-refractivity contribution in [2.45, 2.75) is 31.9 Å². The fourth-order valence-electron chi connectivity index (χ4n) is 4.87. The number of methoxy groups -OCH3 is 1. The molecule has 6 nitrogen and oxygen atoms in total. The Morgan fingerprint density at radius 3 is 2.53 bits per heavy atom. The molecular formula is C25H32FN3O3. The minimum Gasteiger partial charge on any atom is -0.377 e. The fourth-order valence-corrected chi connectivity index (χ4v) is 4.87. The second-order valence-electron chi connectivity index (χ2n) is 8.57. The number of hydrogen-bond acceptors (Lipinski definition) is 5. The zero-order valence-corrected chi connectivity index (χ0v) is 18.6. The number of primary amides is 1. The van der Waals surface area contributed by atoms with Crippen molar-refractivity contribution in [2.75, 3.05) is 20.2 Å². The smallest absolute Gasteiger partial charge is 0.218 e. The first-order valence-corrected chi connectivity index (χ1v) is 10.9. The molecule has 0 bridgehead atoms. The lowest BCUT2D eigenvalue weighted by Crippen LogP contribution is -2.53. The molecule has 1 fully saturated rings. The molecule has 5 atom stereocenters. The molecule has 2 aromatic carbocycles. The maximum atomic E-state index is 14.2. The molecule has 0 radical (unpaired) electrons. The molecular weight excluding hydrogens is 409 g/mol. The van der Waals surface area contributed by atoms with E-state index in [2.05, 4.69) is 5.32 Å². The van der Waals surface area contributed by atoms with Gasteiger partial charge in [0.25, 0.3) is 0 Å². The summed E-state index contributed by atoms with van der Waals surface area (Å²) in [6, 6.07) is 13.6. The SMILES string of the molecule is COC(C[C@@H]1[C@@H](C(=O)c2ccccc2)CNC[C@H]1C(N)CC(N)=O)c1cccc(F)c1C. The first-order valence-electron chi connectivity index (χ1n) is 10.9. The highest BCUT2D eigenvalue weighted by Gasteiger charge is 2.42. The van der Waals surface area contributed by atoms with E-state index in [0.717, 1.165) is 5.56 Å². The van der Waals surface area contributed by atoms with Gasteiger partial charge in [0.1, 0.15) is 5.82 Å². The topological polar surface area (TPSA) is 107 Å². The zero-order chi connectivity index (χ0) is 23.3. The molecule has 5 N–H and O–H groups in total.